The van der Waals surface area contributed by atoms with Gasteiger partial charge in [0.15, 0.2) is 0 Å². The second-order valence-electron chi connectivity index (χ2n) is 11.2. The highest BCUT2D eigenvalue weighted by atomic mass is 16.5. The zero-order chi connectivity index (χ0) is 20.1. The number of fused-ring (bicyclic) bond motifs is 5. The van der Waals surface area contributed by atoms with Gasteiger partial charge in [-0.3, -0.25) is 4.79 Å². The molecule has 8 atom stereocenters. The molecule has 0 aliphatic heterocycles. The Kier molecular flexibility index (Phi) is 5.47. The van der Waals surface area contributed by atoms with Gasteiger partial charge >= 0.3 is 5.97 Å². The average molecular weight is 387 g/mol. The van der Waals surface area contributed by atoms with E-state index in [1.807, 2.05) is 5.57 Å². The normalized spacial score (nSPS) is 46.0. The third kappa shape index (κ3) is 3.18. The smallest absolute Gasteiger partial charge is 0.302 e. The number of ether oxygens (including phenoxy) is 1. The highest BCUT2D eigenvalue weighted by Crippen LogP contribution is 2.66. The third-order valence-electron chi connectivity index (χ3n) is 9.81. The SMILES string of the molecule is CCC[C@@H](C)C1CC[C@H]2[C@@H]3CC[C@@H]4C[C@H](OC(C)=O)CC[C@]4(C)C3=CC[C@]12C. The Hall–Kier alpha value is -0.790. The Labute approximate surface area is 172 Å². The van der Waals surface area contributed by atoms with Gasteiger partial charge in [-0.2, -0.15) is 0 Å². The summed E-state index contributed by atoms with van der Waals surface area (Å²) in [5.41, 5.74) is 2.70. The highest BCUT2D eigenvalue weighted by molar-refractivity contribution is 5.66. The number of rotatable bonds is 4. The summed E-state index contributed by atoms with van der Waals surface area (Å²) in [5, 5.41) is 0. The summed E-state index contributed by atoms with van der Waals surface area (Å²) in [6.07, 6.45) is 15.8. The predicted molar refractivity (Wildman–Crippen MR) is 115 cm³/mol. The van der Waals surface area contributed by atoms with Crippen molar-refractivity contribution < 1.29 is 9.53 Å². The second kappa shape index (κ2) is 7.47. The first-order chi connectivity index (χ1) is 13.3. The van der Waals surface area contributed by atoms with Crippen LogP contribution in [0.1, 0.15) is 98.8 Å². The molecular formula is C26H42O2. The lowest BCUT2D eigenvalue weighted by Gasteiger charge is -2.57. The van der Waals surface area contributed by atoms with Gasteiger partial charge in [0.1, 0.15) is 6.10 Å². The van der Waals surface area contributed by atoms with Gasteiger partial charge in [-0.25, -0.2) is 0 Å². The van der Waals surface area contributed by atoms with Crippen molar-refractivity contribution in [2.24, 2.45) is 40.4 Å². The van der Waals surface area contributed by atoms with Crippen molar-refractivity contribution in [3.05, 3.63) is 11.6 Å². The minimum absolute atomic E-state index is 0.104. The van der Waals surface area contributed by atoms with Gasteiger partial charge in [0.05, 0.1) is 0 Å². The second-order valence-corrected chi connectivity index (χ2v) is 11.2. The molecule has 1 unspecified atom stereocenters. The van der Waals surface area contributed by atoms with Crippen LogP contribution in [0, 0.1) is 40.4 Å². The van der Waals surface area contributed by atoms with Crippen molar-refractivity contribution in [1.82, 2.24) is 0 Å². The maximum atomic E-state index is 11.4. The van der Waals surface area contributed by atoms with Gasteiger partial charge in [-0.1, -0.05) is 52.2 Å². The zero-order valence-electron chi connectivity index (χ0n) is 18.9. The molecular weight excluding hydrogens is 344 g/mol. The molecule has 4 rings (SSSR count). The molecule has 0 spiro atoms. The van der Waals surface area contributed by atoms with Crippen molar-refractivity contribution in [3.63, 3.8) is 0 Å². The van der Waals surface area contributed by atoms with Crippen LogP contribution in [0.25, 0.3) is 0 Å². The molecule has 0 bridgehead atoms. The van der Waals surface area contributed by atoms with Crippen molar-refractivity contribution in [2.75, 3.05) is 0 Å². The quantitative estimate of drug-likeness (QED) is 0.386. The van der Waals surface area contributed by atoms with Crippen LogP contribution in [0.15, 0.2) is 11.6 Å². The fourth-order valence-electron chi connectivity index (χ4n) is 8.46. The van der Waals surface area contributed by atoms with Crippen molar-refractivity contribution in [3.8, 4) is 0 Å². The molecule has 3 fully saturated rings. The molecule has 28 heavy (non-hydrogen) atoms. The maximum absolute atomic E-state index is 11.4. The van der Waals surface area contributed by atoms with Crippen LogP contribution in [-0.2, 0) is 9.53 Å². The monoisotopic (exact) mass is 386 g/mol. The Bertz CT molecular complexity index is 636. The molecule has 0 saturated heterocycles. The summed E-state index contributed by atoms with van der Waals surface area (Å²) in [7, 11) is 0. The van der Waals surface area contributed by atoms with Crippen LogP contribution in [0.5, 0.6) is 0 Å². The number of hydrogen-bond acceptors (Lipinski definition) is 2. The number of carbonyl (C=O) groups is 1. The standard InChI is InChI=1S/C26H42O2/c1-6-7-17(2)22-10-11-23-21-9-8-19-16-20(28-18(3)27)12-14-25(19,4)24(21)13-15-26(22,23)5/h13,17,19-23H,6-12,14-16H2,1-5H3/t17-,19-,20-,21+,22?,23+,25+,26-/m1/s1. The van der Waals surface area contributed by atoms with Crippen molar-refractivity contribution in [1.29, 1.82) is 0 Å². The van der Waals surface area contributed by atoms with Crippen LogP contribution >= 0.6 is 0 Å². The van der Waals surface area contributed by atoms with Gasteiger partial charge < -0.3 is 4.74 Å². The van der Waals surface area contributed by atoms with Crippen LogP contribution in [-0.4, -0.2) is 12.1 Å². The topological polar surface area (TPSA) is 26.3 Å². The number of carbonyl (C=O) groups excluding carboxylic acids is 1. The minimum Gasteiger partial charge on any atom is -0.463 e. The zero-order valence-corrected chi connectivity index (χ0v) is 18.9. The van der Waals surface area contributed by atoms with Crippen LogP contribution < -0.4 is 0 Å². The first-order valence-electron chi connectivity index (χ1n) is 12.2. The summed E-state index contributed by atoms with van der Waals surface area (Å²) in [5.74, 6) is 4.12. The molecule has 4 aliphatic carbocycles. The predicted octanol–water partition coefficient (Wildman–Crippen LogP) is 6.93. The largest absolute Gasteiger partial charge is 0.463 e. The lowest BCUT2D eigenvalue weighted by atomic mass is 9.48. The molecule has 158 valence electrons. The molecule has 0 radical (unpaired) electrons. The Morgan fingerprint density at radius 2 is 2.00 bits per heavy atom. The molecule has 2 nitrogen and oxygen atoms in total. The average Bonchev–Trinajstić information content (AvgIpc) is 2.99. The van der Waals surface area contributed by atoms with Gasteiger partial charge in [-0.15, -0.1) is 0 Å². The summed E-state index contributed by atoms with van der Waals surface area (Å²) in [6.45, 7) is 11.6. The number of esters is 1. The van der Waals surface area contributed by atoms with Gasteiger partial charge in [-0.05, 0) is 91.8 Å². The van der Waals surface area contributed by atoms with E-state index in [2.05, 4.69) is 33.8 Å². The number of hydrogen-bond donors (Lipinski definition) is 0. The molecule has 3 saturated carbocycles. The summed E-state index contributed by atoms with van der Waals surface area (Å²) in [4.78, 5) is 11.4. The molecule has 0 aromatic rings. The van der Waals surface area contributed by atoms with E-state index in [0.29, 0.717) is 16.7 Å². The lowest BCUT2D eigenvalue weighted by Crippen LogP contribution is -2.49. The van der Waals surface area contributed by atoms with Crippen LogP contribution in [0.4, 0.5) is 0 Å². The molecule has 4 aliphatic rings. The van der Waals surface area contributed by atoms with E-state index in [1.54, 1.807) is 6.92 Å². The molecule has 0 aromatic carbocycles. The summed E-state index contributed by atoms with van der Waals surface area (Å²) in [6, 6.07) is 0. The first kappa shape index (κ1) is 20.5. The van der Waals surface area contributed by atoms with E-state index in [1.165, 1.54) is 51.4 Å². The van der Waals surface area contributed by atoms with Crippen LogP contribution in [0.2, 0.25) is 0 Å². The van der Waals surface area contributed by atoms with E-state index in [0.717, 1.165) is 36.5 Å². The highest BCUT2D eigenvalue weighted by Gasteiger charge is 2.57. The van der Waals surface area contributed by atoms with Crippen molar-refractivity contribution >= 4 is 5.97 Å². The van der Waals surface area contributed by atoms with E-state index in [4.69, 9.17) is 4.74 Å². The van der Waals surface area contributed by atoms with E-state index in [9.17, 15) is 4.79 Å². The Morgan fingerprint density at radius 1 is 1.21 bits per heavy atom. The van der Waals surface area contributed by atoms with E-state index < -0.39 is 0 Å². The first-order valence-corrected chi connectivity index (χ1v) is 12.2. The Balaban J connectivity index is 1.55. The van der Waals surface area contributed by atoms with Gasteiger partial charge in [0, 0.05) is 6.92 Å². The molecule has 0 aromatic heterocycles. The van der Waals surface area contributed by atoms with Crippen molar-refractivity contribution in [2.45, 2.75) is 105 Å². The van der Waals surface area contributed by atoms with Gasteiger partial charge in [0.2, 0.25) is 0 Å². The molecule has 0 N–H and O–H groups in total. The Morgan fingerprint density at radius 3 is 2.71 bits per heavy atom. The van der Waals surface area contributed by atoms with E-state index in [-0.39, 0.29) is 12.1 Å². The summed E-state index contributed by atoms with van der Waals surface area (Å²) < 4.78 is 5.61. The van der Waals surface area contributed by atoms with Crippen LogP contribution in [0.3, 0.4) is 0 Å². The molecule has 0 amide bonds. The number of allylic oxidation sites excluding steroid dienone is 2. The minimum atomic E-state index is -0.104. The fourth-order valence-corrected chi connectivity index (χ4v) is 8.46. The third-order valence-corrected chi connectivity index (χ3v) is 9.81. The van der Waals surface area contributed by atoms with E-state index >= 15 is 0 Å². The fraction of sp³-hybridized carbons (Fsp3) is 0.885. The van der Waals surface area contributed by atoms with Gasteiger partial charge in [0.25, 0.3) is 0 Å². The maximum Gasteiger partial charge on any atom is 0.302 e. The molecule has 0 heterocycles. The summed E-state index contributed by atoms with van der Waals surface area (Å²) >= 11 is 0. The molecule has 2 heteroatoms. The lowest BCUT2D eigenvalue weighted by molar-refractivity contribution is -0.151.